The van der Waals surface area contributed by atoms with Crippen molar-refractivity contribution in [1.82, 2.24) is 0 Å². The van der Waals surface area contributed by atoms with Crippen molar-refractivity contribution in [2.45, 2.75) is 19.3 Å². The summed E-state index contributed by atoms with van der Waals surface area (Å²) in [6, 6.07) is 7.15. The van der Waals surface area contributed by atoms with Crippen LogP contribution in [0.25, 0.3) is 0 Å². The van der Waals surface area contributed by atoms with Gasteiger partial charge < -0.3 is 15.8 Å². The summed E-state index contributed by atoms with van der Waals surface area (Å²) < 4.78 is 30.5. The first-order valence-corrected chi connectivity index (χ1v) is 6.05. The van der Waals surface area contributed by atoms with Crippen LogP contribution in [0.2, 0.25) is 0 Å². The van der Waals surface area contributed by atoms with Gasteiger partial charge in [-0.15, -0.1) is 24.0 Å². The highest BCUT2D eigenvalue weighted by Gasteiger charge is 2.50. The van der Waals surface area contributed by atoms with Crippen molar-refractivity contribution in [3.63, 3.8) is 0 Å². The standard InChI is InChI=1S/C13H17F2N3O.HI/c1-19-10-4-2-3-9(7-10)18-12(16)17-8-13(5-6-13)11(14)15;/h2-4,7,11H,5-6,8H2,1H3,(H3,16,17,18);1H. The zero-order valence-corrected chi connectivity index (χ0v) is 13.4. The molecule has 0 unspecified atom stereocenters. The molecule has 0 radical (unpaired) electrons. The number of aliphatic imine (C=N–C) groups is 1. The number of hydrogen-bond donors (Lipinski definition) is 2. The third-order valence-electron chi connectivity index (χ3n) is 3.26. The number of benzene rings is 1. The molecule has 0 aromatic heterocycles. The van der Waals surface area contributed by atoms with Crippen LogP contribution in [-0.2, 0) is 0 Å². The summed E-state index contributed by atoms with van der Waals surface area (Å²) in [6.07, 6.45) is -1.30. The van der Waals surface area contributed by atoms with Gasteiger partial charge in [-0.3, -0.25) is 4.99 Å². The Morgan fingerprint density at radius 2 is 2.20 bits per heavy atom. The zero-order valence-electron chi connectivity index (χ0n) is 11.1. The van der Waals surface area contributed by atoms with E-state index in [4.69, 9.17) is 10.5 Å². The highest BCUT2D eigenvalue weighted by atomic mass is 127. The first-order valence-electron chi connectivity index (χ1n) is 6.05. The maximum Gasteiger partial charge on any atom is 0.245 e. The minimum atomic E-state index is -2.33. The number of nitrogens with zero attached hydrogens (tertiary/aromatic N) is 1. The van der Waals surface area contributed by atoms with Crippen molar-refractivity contribution in [3.05, 3.63) is 24.3 Å². The lowest BCUT2D eigenvalue weighted by molar-refractivity contribution is 0.0667. The lowest BCUT2D eigenvalue weighted by atomic mass is 10.1. The Hall–Kier alpha value is -1.12. The molecule has 1 aromatic rings. The van der Waals surface area contributed by atoms with E-state index in [1.54, 1.807) is 31.4 Å². The topological polar surface area (TPSA) is 59.6 Å². The average Bonchev–Trinajstić information content (AvgIpc) is 3.18. The molecule has 3 N–H and O–H groups in total. The van der Waals surface area contributed by atoms with Gasteiger partial charge in [0, 0.05) is 11.8 Å². The largest absolute Gasteiger partial charge is 0.497 e. The number of nitrogens with one attached hydrogen (secondary N) is 1. The van der Waals surface area contributed by atoms with Crippen LogP contribution in [0.3, 0.4) is 0 Å². The van der Waals surface area contributed by atoms with Gasteiger partial charge in [0.05, 0.1) is 19.1 Å². The van der Waals surface area contributed by atoms with Gasteiger partial charge in [-0.05, 0) is 25.0 Å². The number of hydrogen-bond acceptors (Lipinski definition) is 2. The first-order chi connectivity index (χ1) is 9.05. The first kappa shape index (κ1) is 16.9. The van der Waals surface area contributed by atoms with Gasteiger partial charge in [-0.25, -0.2) is 8.78 Å². The molecule has 0 spiro atoms. The van der Waals surface area contributed by atoms with E-state index in [0.29, 0.717) is 24.3 Å². The fraction of sp³-hybridized carbons (Fsp3) is 0.462. The van der Waals surface area contributed by atoms with Gasteiger partial charge in [0.15, 0.2) is 5.96 Å². The number of halogens is 3. The smallest absolute Gasteiger partial charge is 0.245 e. The van der Waals surface area contributed by atoms with Crippen LogP contribution in [0, 0.1) is 5.41 Å². The lowest BCUT2D eigenvalue weighted by Crippen LogP contribution is -2.25. The number of nitrogens with two attached hydrogens (primary N) is 1. The number of alkyl halides is 2. The highest BCUT2D eigenvalue weighted by Crippen LogP contribution is 2.50. The Morgan fingerprint density at radius 1 is 1.50 bits per heavy atom. The highest BCUT2D eigenvalue weighted by molar-refractivity contribution is 14.0. The molecule has 1 aromatic carbocycles. The molecule has 0 saturated heterocycles. The third-order valence-corrected chi connectivity index (χ3v) is 3.26. The van der Waals surface area contributed by atoms with Gasteiger partial charge in [-0.1, -0.05) is 6.07 Å². The second kappa shape index (κ2) is 7.05. The van der Waals surface area contributed by atoms with E-state index >= 15 is 0 Å². The van der Waals surface area contributed by atoms with Crippen LogP contribution in [0.15, 0.2) is 29.3 Å². The van der Waals surface area contributed by atoms with E-state index < -0.39 is 11.8 Å². The number of ether oxygens (including phenoxy) is 1. The number of anilines is 1. The molecule has 1 saturated carbocycles. The molecular weight excluding hydrogens is 379 g/mol. The Morgan fingerprint density at radius 3 is 2.75 bits per heavy atom. The van der Waals surface area contributed by atoms with Gasteiger partial charge in [0.25, 0.3) is 0 Å². The predicted molar refractivity (Wildman–Crippen MR) is 86.2 cm³/mol. The van der Waals surface area contributed by atoms with Crippen molar-refractivity contribution >= 4 is 35.6 Å². The predicted octanol–water partition coefficient (Wildman–Crippen LogP) is 3.09. The Bertz CT molecular complexity index is 478. The van der Waals surface area contributed by atoms with Crippen LogP contribution < -0.4 is 15.8 Å². The molecule has 0 amide bonds. The van der Waals surface area contributed by atoms with Crippen molar-refractivity contribution in [2.75, 3.05) is 19.0 Å². The Kier molecular flexibility index (Phi) is 5.97. The number of methoxy groups -OCH3 is 1. The molecule has 0 aliphatic heterocycles. The molecule has 7 heteroatoms. The molecule has 0 bridgehead atoms. The molecular formula is C13H18F2IN3O. The van der Waals surface area contributed by atoms with E-state index in [9.17, 15) is 8.78 Å². The van der Waals surface area contributed by atoms with Crippen LogP contribution in [0.5, 0.6) is 5.75 Å². The summed E-state index contributed by atoms with van der Waals surface area (Å²) >= 11 is 0. The van der Waals surface area contributed by atoms with E-state index in [1.807, 2.05) is 0 Å². The summed E-state index contributed by atoms with van der Waals surface area (Å²) in [5.74, 6) is 0.823. The Labute approximate surface area is 133 Å². The summed E-state index contributed by atoms with van der Waals surface area (Å²) in [5.41, 5.74) is 5.45. The average molecular weight is 397 g/mol. The lowest BCUT2D eigenvalue weighted by Gasteiger charge is -2.12. The second-order valence-corrected chi connectivity index (χ2v) is 4.72. The fourth-order valence-corrected chi connectivity index (χ4v) is 1.74. The zero-order chi connectivity index (χ0) is 13.9. The molecule has 1 aliphatic rings. The van der Waals surface area contributed by atoms with Crippen molar-refractivity contribution in [2.24, 2.45) is 16.1 Å². The fourth-order valence-electron chi connectivity index (χ4n) is 1.74. The van der Waals surface area contributed by atoms with E-state index in [0.717, 1.165) is 0 Å². The van der Waals surface area contributed by atoms with E-state index in [2.05, 4.69) is 10.3 Å². The molecule has 0 atom stereocenters. The summed E-state index contributed by atoms with van der Waals surface area (Å²) in [6.45, 7) is 0.0630. The van der Waals surface area contributed by atoms with Crippen LogP contribution in [0.4, 0.5) is 14.5 Å². The van der Waals surface area contributed by atoms with Crippen molar-refractivity contribution in [3.8, 4) is 5.75 Å². The Balaban J connectivity index is 0.00000200. The maximum atomic E-state index is 12.7. The minimum Gasteiger partial charge on any atom is -0.497 e. The normalized spacial score (nSPS) is 16.5. The van der Waals surface area contributed by atoms with Crippen molar-refractivity contribution < 1.29 is 13.5 Å². The third kappa shape index (κ3) is 4.19. The molecule has 2 rings (SSSR count). The molecule has 0 heterocycles. The van der Waals surface area contributed by atoms with Crippen LogP contribution in [-0.4, -0.2) is 26.0 Å². The number of guanidine groups is 1. The van der Waals surface area contributed by atoms with Gasteiger partial charge in [0.2, 0.25) is 6.43 Å². The molecule has 1 fully saturated rings. The molecule has 1 aliphatic carbocycles. The SMILES string of the molecule is COc1cccc(NC(N)=NCC2(C(F)F)CC2)c1.I. The van der Waals surface area contributed by atoms with Gasteiger partial charge in [-0.2, -0.15) is 0 Å². The molecule has 20 heavy (non-hydrogen) atoms. The summed E-state index contributed by atoms with van der Waals surface area (Å²) in [7, 11) is 1.57. The van der Waals surface area contributed by atoms with E-state index in [1.165, 1.54) is 0 Å². The monoisotopic (exact) mass is 397 g/mol. The maximum absolute atomic E-state index is 12.7. The van der Waals surface area contributed by atoms with E-state index in [-0.39, 0.29) is 36.5 Å². The van der Waals surface area contributed by atoms with Gasteiger partial charge in [0.1, 0.15) is 5.75 Å². The van der Waals surface area contributed by atoms with Crippen molar-refractivity contribution in [1.29, 1.82) is 0 Å². The summed E-state index contributed by atoms with van der Waals surface area (Å²) in [4.78, 5) is 3.99. The second-order valence-electron chi connectivity index (χ2n) is 4.72. The van der Waals surface area contributed by atoms with Crippen LogP contribution in [0.1, 0.15) is 12.8 Å². The van der Waals surface area contributed by atoms with Crippen LogP contribution >= 0.6 is 24.0 Å². The molecule has 4 nitrogen and oxygen atoms in total. The van der Waals surface area contributed by atoms with Gasteiger partial charge >= 0.3 is 0 Å². The number of rotatable bonds is 5. The molecule has 112 valence electrons. The summed E-state index contributed by atoms with van der Waals surface area (Å²) in [5, 5.41) is 2.86. The minimum absolute atomic E-state index is 0. The quantitative estimate of drug-likeness (QED) is 0.456.